The first kappa shape index (κ1) is 22.7. The van der Waals surface area contributed by atoms with Crippen LogP contribution in [0.5, 0.6) is 0 Å². The van der Waals surface area contributed by atoms with E-state index in [0.29, 0.717) is 0 Å². The molecule has 1 amide bonds. The number of nitrogens with two attached hydrogens (primary N) is 1. The summed E-state index contributed by atoms with van der Waals surface area (Å²) in [5.41, 5.74) is 9.48. The Morgan fingerprint density at radius 2 is 1.85 bits per heavy atom. The number of para-hydroxylation sites is 2. The Morgan fingerprint density at radius 3 is 2.65 bits per heavy atom. The highest BCUT2D eigenvalue weighted by atomic mass is 16.5. The largest absolute Gasteiger partial charge is 0.456 e. The molecule has 0 spiro atoms. The lowest BCUT2D eigenvalue weighted by molar-refractivity contribution is -0.149. The van der Waals surface area contributed by atoms with Crippen molar-refractivity contribution in [3.05, 3.63) is 71.7 Å². The third kappa shape index (κ3) is 5.47. The Morgan fingerprint density at radius 1 is 1.09 bits per heavy atom. The summed E-state index contributed by atoms with van der Waals surface area (Å²) in [7, 11) is 0. The molecule has 34 heavy (non-hydrogen) atoms. The molecule has 4 aromatic rings. The maximum atomic E-state index is 12.9. The first-order valence-corrected chi connectivity index (χ1v) is 10.7. The minimum atomic E-state index is -0.875. The molecule has 10 nitrogen and oxygen atoms in total. The van der Waals surface area contributed by atoms with Crippen LogP contribution < -0.4 is 16.4 Å². The van der Waals surface area contributed by atoms with Crippen molar-refractivity contribution in [1.82, 2.24) is 25.3 Å². The molecule has 174 valence electrons. The van der Waals surface area contributed by atoms with Crippen molar-refractivity contribution in [2.75, 3.05) is 11.1 Å². The van der Waals surface area contributed by atoms with Crippen LogP contribution in [0, 0.1) is 6.92 Å². The number of nitrogen functional groups attached to an aromatic ring is 1. The van der Waals surface area contributed by atoms with E-state index in [-0.39, 0.29) is 36.7 Å². The number of aromatic amines is 1. The Hall–Kier alpha value is -4.47. The number of aromatic nitrogens is 4. The van der Waals surface area contributed by atoms with Crippen molar-refractivity contribution in [3.63, 3.8) is 0 Å². The van der Waals surface area contributed by atoms with Crippen molar-refractivity contribution in [3.8, 4) is 0 Å². The third-order valence-electron chi connectivity index (χ3n) is 5.20. The molecule has 0 unspecified atom stereocenters. The van der Waals surface area contributed by atoms with Crippen LogP contribution in [0.3, 0.4) is 0 Å². The van der Waals surface area contributed by atoms with Gasteiger partial charge in [0.25, 0.3) is 0 Å². The van der Waals surface area contributed by atoms with Crippen LogP contribution in [0.25, 0.3) is 10.9 Å². The average Bonchev–Trinajstić information content (AvgIpc) is 3.21. The first-order valence-electron chi connectivity index (χ1n) is 10.7. The molecule has 0 aliphatic heterocycles. The number of anilines is 3. The number of nitrogens with one attached hydrogen (secondary N) is 3. The number of hydrogen-bond acceptors (Lipinski definition) is 8. The van der Waals surface area contributed by atoms with Crippen LogP contribution in [0.4, 0.5) is 17.6 Å². The number of aryl methyl sites for hydroxylation is 1. The number of hydrogen-bond donors (Lipinski definition) is 4. The predicted octanol–water partition coefficient (Wildman–Crippen LogP) is 2.78. The molecule has 4 rings (SSSR count). The summed E-state index contributed by atoms with van der Waals surface area (Å²) < 4.78 is 5.44. The lowest BCUT2D eigenvalue weighted by Gasteiger charge is -2.16. The van der Waals surface area contributed by atoms with Gasteiger partial charge in [-0.1, -0.05) is 36.4 Å². The molecule has 0 fully saturated rings. The maximum Gasteiger partial charge on any atom is 0.329 e. The number of H-pyrrole nitrogens is 1. The van der Waals surface area contributed by atoms with Gasteiger partial charge in [0, 0.05) is 36.1 Å². The van der Waals surface area contributed by atoms with Gasteiger partial charge in [0.2, 0.25) is 17.8 Å². The summed E-state index contributed by atoms with van der Waals surface area (Å²) in [6.07, 6.45) is 2.09. The van der Waals surface area contributed by atoms with Gasteiger partial charge in [-0.3, -0.25) is 4.79 Å². The van der Waals surface area contributed by atoms with Crippen molar-refractivity contribution >= 4 is 40.4 Å². The van der Waals surface area contributed by atoms with Crippen molar-refractivity contribution in [2.45, 2.75) is 32.9 Å². The minimum Gasteiger partial charge on any atom is -0.456 e. The highest BCUT2D eigenvalue weighted by molar-refractivity contribution is 5.86. The predicted molar refractivity (Wildman–Crippen MR) is 128 cm³/mol. The van der Waals surface area contributed by atoms with Gasteiger partial charge < -0.3 is 26.1 Å². The topological polar surface area (TPSA) is 148 Å². The fourth-order valence-corrected chi connectivity index (χ4v) is 3.59. The summed E-state index contributed by atoms with van der Waals surface area (Å²) in [5, 5.41) is 6.73. The Bertz CT molecular complexity index is 1340. The maximum absolute atomic E-state index is 12.9. The fraction of sp³-hybridized carbons (Fsp3) is 0.208. The van der Waals surface area contributed by atoms with E-state index in [1.165, 1.54) is 6.92 Å². The lowest BCUT2D eigenvalue weighted by Crippen LogP contribution is -2.42. The van der Waals surface area contributed by atoms with E-state index in [4.69, 9.17) is 10.5 Å². The summed E-state index contributed by atoms with van der Waals surface area (Å²) >= 11 is 0. The van der Waals surface area contributed by atoms with E-state index in [1.54, 1.807) is 0 Å². The van der Waals surface area contributed by atoms with E-state index < -0.39 is 12.0 Å². The lowest BCUT2D eigenvalue weighted by atomic mass is 10.0. The molecule has 0 radical (unpaired) electrons. The summed E-state index contributed by atoms with van der Waals surface area (Å²) in [5.74, 6) is -0.520. The van der Waals surface area contributed by atoms with Crippen LogP contribution in [0.2, 0.25) is 0 Å². The second-order valence-corrected chi connectivity index (χ2v) is 7.80. The van der Waals surface area contributed by atoms with Gasteiger partial charge in [-0.15, -0.1) is 0 Å². The van der Waals surface area contributed by atoms with Crippen molar-refractivity contribution in [2.24, 2.45) is 0 Å². The quantitative estimate of drug-likeness (QED) is 0.294. The van der Waals surface area contributed by atoms with E-state index in [2.05, 4.69) is 30.6 Å². The summed E-state index contributed by atoms with van der Waals surface area (Å²) in [6.45, 7) is 3.08. The van der Waals surface area contributed by atoms with Gasteiger partial charge in [-0.25, -0.2) is 4.79 Å². The standard InChI is InChI=1S/C24H25N7O3/c1-14-7-3-5-9-18(14)28-24-30-21(29-23(25)31-24)13-34-22(33)20(27-15(2)32)11-16-12-26-19-10-6-4-8-17(16)19/h3-10,12,20,26H,11,13H2,1-2H3,(H,27,32)(H3,25,28,29,30,31)/t20-/m1/s1. The minimum absolute atomic E-state index is 0.00524. The first-order chi connectivity index (χ1) is 16.4. The average molecular weight is 460 g/mol. The highest BCUT2D eigenvalue weighted by Gasteiger charge is 2.23. The molecule has 0 bridgehead atoms. The zero-order valence-electron chi connectivity index (χ0n) is 18.8. The van der Waals surface area contributed by atoms with E-state index >= 15 is 0 Å². The van der Waals surface area contributed by atoms with E-state index in [9.17, 15) is 9.59 Å². The molecule has 0 aliphatic rings. The fourth-order valence-electron chi connectivity index (χ4n) is 3.59. The van der Waals surface area contributed by atoms with Gasteiger partial charge in [-0.2, -0.15) is 15.0 Å². The number of fused-ring (bicyclic) bond motifs is 1. The number of benzene rings is 2. The van der Waals surface area contributed by atoms with Crippen molar-refractivity contribution in [1.29, 1.82) is 0 Å². The van der Waals surface area contributed by atoms with Gasteiger partial charge >= 0.3 is 5.97 Å². The van der Waals surface area contributed by atoms with Gasteiger partial charge in [-0.05, 0) is 30.2 Å². The number of esters is 1. The third-order valence-corrected chi connectivity index (χ3v) is 5.20. The molecule has 0 aliphatic carbocycles. The molecule has 0 saturated heterocycles. The number of rotatable bonds is 8. The van der Waals surface area contributed by atoms with Gasteiger partial charge in [0.15, 0.2) is 12.4 Å². The number of carbonyl (C=O) groups excluding carboxylic acids is 2. The second-order valence-electron chi connectivity index (χ2n) is 7.80. The SMILES string of the molecule is CC(=O)N[C@H](Cc1c[nH]c2ccccc12)C(=O)OCc1nc(N)nc(Nc2ccccc2C)n1. The molecule has 2 aromatic carbocycles. The Labute approximate surface area is 196 Å². The summed E-state index contributed by atoms with van der Waals surface area (Å²) in [4.78, 5) is 40.2. The Balaban J connectivity index is 1.46. The van der Waals surface area contributed by atoms with Gasteiger partial charge in [0.05, 0.1) is 0 Å². The van der Waals surface area contributed by atoms with Crippen LogP contribution in [-0.2, 0) is 27.4 Å². The zero-order valence-corrected chi connectivity index (χ0v) is 18.8. The monoisotopic (exact) mass is 459 g/mol. The molecule has 2 aromatic heterocycles. The summed E-state index contributed by atoms with van der Waals surface area (Å²) in [6, 6.07) is 14.5. The van der Waals surface area contributed by atoms with Crippen molar-refractivity contribution < 1.29 is 14.3 Å². The number of carbonyl (C=O) groups is 2. The molecule has 2 heterocycles. The number of amides is 1. The molecule has 5 N–H and O–H groups in total. The second kappa shape index (κ2) is 9.99. The zero-order chi connectivity index (χ0) is 24.1. The highest BCUT2D eigenvalue weighted by Crippen LogP contribution is 2.20. The Kier molecular flexibility index (Phi) is 6.67. The number of ether oxygens (including phenoxy) is 1. The van der Waals surface area contributed by atoms with E-state index in [0.717, 1.165) is 27.7 Å². The van der Waals surface area contributed by atoms with Crippen LogP contribution in [0.1, 0.15) is 23.9 Å². The molecular formula is C24H25N7O3. The molecule has 10 heteroatoms. The normalized spacial score (nSPS) is 11.7. The van der Waals surface area contributed by atoms with E-state index in [1.807, 2.05) is 61.7 Å². The smallest absolute Gasteiger partial charge is 0.329 e. The molecular weight excluding hydrogens is 434 g/mol. The van der Waals surface area contributed by atoms with Crippen LogP contribution in [0.15, 0.2) is 54.7 Å². The number of nitrogens with zero attached hydrogens (tertiary/aromatic N) is 3. The molecule has 1 atom stereocenters. The van der Waals surface area contributed by atoms with Crippen LogP contribution >= 0.6 is 0 Å². The van der Waals surface area contributed by atoms with Crippen LogP contribution in [-0.4, -0.2) is 37.9 Å². The van der Waals surface area contributed by atoms with Gasteiger partial charge in [0.1, 0.15) is 6.04 Å². The molecule has 0 saturated carbocycles.